The molecule has 212 valence electrons. The van der Waals surface area contributed by atoms with E-state index in [1.54, 1.807) is 69.3 Å². The van der Waals surface area contributed by atoms with Crippen LogP contribution in [-0.4, -0.2) is 52.7 Å². The van der Waals surface area contributed by atoms with Crippen LogP contribution in [0.4, 0.5) is 0 Å². The fourth-order valence-corrected chi connectivity index (χ4v) is 5.65. The summed E-state index contributed by atoms with van der Waals surface area (Å²) in [5.74, 6) is -3.39. The SMILES string of the molecule is CC(=O)O[C@@H]1CC(=O)C(C)(C)C=C[C@@H](C)[C@H](OC(C)=O)[C@@]2(O)C[C@@H](C)[C@H](OC(=O)c3ccccc3)[C@@H]2C=C1C. The highest BCUT2D eigenvalue weighted by molar-refractivity contribution is 5.89. The summed E-state index contributed by atoms with van der Waals surface area (Å²) in [6, 6.07) is 8.56. The number of hydrogen-bond donors (Lipinski definition) is 1. The van der Waals surface area contributed by atoms with Gasteiger partial charge in [0.1, 0.15) is 29.7 Å². The van der Waals surface area contributed by atoms with Crippen molar-refractivity contribution in [2.45, 2.75) is 85.2 Å². The Kier molecular flexibility index (Phi) is 9.21. The lowest BCUT2D eigenvalue weighted by Crippen LogP contribution is -2.52. The predicted molar refractivity (Wildman–Crippen MR) is 144 cm³/mol. The molecule has 0 amide bonds. The third-order valence-corrected chi connectivity index (χ3v) is 7.82. The van der Waals surface area contributed by atoms with E-state index < -0.39 is 59.1 Å². The van der Waals surface area contributed by atoms with Crippen molar-refractivity contribution in [1.29, 1.82) is 0 Å². The fourth-order valence-electron chi connectivity index (χ4n) is 5.65. The Morgan fingerprint density at radius 3 is 2.18 bits per heavy atom. The first-order chi connectivity index (χ1) is 18.2. The van der Waals surface area contributed by atoms with Crippen LogP contribution in [0.5, 0.6) is 0 Å². The number of carbonyl (C=O) groups excluding carboxylic acids is 4. The van der Waals surface area contributed by atoms with Gasteiger partial charge in [0.2, 0.25) is 0 Å². The molecule has 0 aliphatic heterocycles. The number of benzene rings is 1. The first-order valence-electron chi connectivity index (χ1n) is 13.4. The number of ether oxygens (including phenoxy) is 3. The molecule has 0 unspecified atom stereocenters. The minimum absolute atomic E-state index is 0.0593. The molecule has 1 N–H and O–H groups in total. The largest absolute Gasteiger partial charge is 0.459 e. The summed E-state index contributed by atoms with van der Waals surface area (Å²) < 4.78 is 17.3. The van der Waals surface area contributed by atoms with E-state index in [-0.39, 0.29) is 24.5 Å². The van der Waals surface area contributed by atoms with Gasteiger partial charge in [-0.05, 0) is 50.8 Å². The van der Waals surface area contributed by atoms with Gasteiger partial charge in [0, 0.05) is 37.5 Å². The van der Waals surface area contributed by atoms with E-state index in [9.17, 15) is 24.3 Å². The highest BCUT2D eigenvalue weighted by Gasteiger charge is 2.58. The molecule has 8 heteroatoms. The molecule has 0 aromatic heterocycles. The van der Waals surface area contributed by atoms with Crippen LogP contribution in [-0.2, 0) is 28.6 Å². The van der Waals surface area contributed by atoms with Crippen LogP contribution >= 0.6 is 0 Å². The summed E-state index contributed by atoms with van der Waals surface area (Å²) in [5.41, 5.74) is -1.61. The number of rotatable bonds is 4. The minimum atomic E-state index is -1.62. The zero-order valence-electron chi connectivity index (χ0n) is 23.8. The van der Waals surface area contributed by atoms with Crippen LogP contribution in [0.25, 0.3) is 0 Å². The average Bonchev–Trinajstić information content (AvgIpc) is 3.09. The van der Waals surface area contributed by atoms with Crippen LogP contribution < -0.4 is 0 Å². The number of fused-ring (bicyclic) bond motifs is 1. The number of allylic oxidation sites excluding steroid dienone is 1. The third kappa shape index (κ3) is 6.85. The molecule has 39 heavy (non-hydrogen) atoms. The van der Waals surface area contributed by atoms with Crippen molar-refractivity contribution in [2.24, 2.45) is 23.2 Å². The lowest BCUT2D eigenvalue weighted by Gasteiger charge is -2.40. The molecule has 0 bridgehead atoms. The van der Waals surface area contributed by atoms with Crippen LogP contribution in [0, 0.1) is 23.2 Å². The third-order valence-electron chi connectivity index (χ3n) is 7.82. The first kappa shape index (κ1) is 30.3. The van der Waals surface area contributed by atoms with Crippen LogP contribution in [0.2, 0.25) is 0 Å². The van der Waals surface area contributed by atoms with Crippen molar-refractivity contribution in [1.82, 2.24) is 0 Å². The van der Waals surface area contributed by atoms with Crippen molar-refractivity contribution in [2.75, 3.05) is 0 Å². The molecule has 1 aromatic rings. The van der Waals surface area contributed by atoms with Gasteiger partial charge in [-0.25, -0.2) is 4.79 Å². The van der Waals surface area contributed by atoms with Crippen molar-refractivity contribution in [3.05, 3.63) is 59.7 Å². The van der Waals surface area contributed by atoms with E-state index in [2.05, 4.69) is 0 Å². The average molecular weight is 541 g/mol. The minimum Gasteiger partial charge on any atom is -0.459 e. The zero-order valence-corrected chi connectivity index (χ0v) is 23.8. The quantitative estimate of drug-likeness (QED) is 0.335. The molecule has 2 aliphatic rings. The number of aliphatic hydroxyl groups is 1. The molecule has 8 nitrogen and oxygen atoms in total. The zero-order chi connectivity index (χ0) is 29.1. The highest BCUT2D eigenvalue weighted by atomic mass is 16.6. The van der Waals surface area contributed by atoms with Crippen molar-refractivity contribution < 1.29 is 38.5 Å². The summed E-state index contributed by atoms with van der Waals surface area (Å²) in [7, 11) is 0. The standard InChI is InChI=1S/C31H40O8/c1-18-13-14-30(6,7)26(34)16-25(37-21(4)32)19(2)15-24-27(39-29(35)23-11-9-8-10-12-23)20(3)17-31(24,36)28(18)38-22(5)33/h8-15,18,20,24-25,27-28,36H,16-17H2,1-7H3/t18-,20-,24+,25-,27+,28+,31-/m1/s1. The van der Waals surface area contributed by atoms with Gasteiger partial charge in [-0.15, -0.1) is 0 Å². The van der Waals surface area contributed by atoms with Gasteiger partial charge in [-0.2, -0.15) is 0 Å². The maximum Gasteiger partial charge on any atom is 0.338 e. The van der Waals surface area contributed by atoms with E-state index >= 15 is 0 Å². The van der Waals surface area contributed by atoms with E-state index in [1.165, 1.54) is 13.8 Å². The van der Waals surface area contributed by atoms with Gasteiger partial charge in [0.25, 0.3) is 0 Å². The van der Waals surface area contributed by atoms with Crippen molar-refractivity contribution in [3.63, 3.8) is 0 Å². The molecule has 0 heterocycles. The fraction of sp³-hybridized carbons (Fsp3) is 0.548. The van der Waals surface area contributed by atoms with E-state index in [0.717, 1.165) is 0 Å². The Morgan fingerprint density at radius 2 is 1.59 bits per heavy atom. The lowest BCUT2D eigenvalue weighted by molar-refractivity contribution is -0.173. The Morgan fingerprint density at radius 1 is 0.974 bits per heavy atom. The maximum atomic E-state index is 13.3. The van der Waals surface area contributed by atoms with Crippen molar-refractivity contribution >= 4 is 23.7 Å². The van der Waals surface area contributed by atoms with Crippen LogP contribution in [0.1, 0.15) is 71.7 Å². The number of hydrogen-bond acceptors (Lipinski definition) is 8. The van der Waals surface area contributed by atoms with Gasteiger partial charge in [0.05, 0.1) is 5.56 Å². The van der Waals surface area contributed by atoms with Crippen LogP contribution in [0.15, 0.2) is 54.1 Å². The second kappa shape index (κ2) is 11.9. The summed E-state index contributed by atoms with van der Waals surface area (Å²) in [6.07, 6.45) is 2.70. The molecular formula is C31H40O8. The molecule has 0 spiro atoms. The number of ketones is 1. The molecule has 0 radical (unpaired) electrons. The van der Waals surface area contributed by atoms with E-state index in [4.69, 9.17) is 14.2 Å². The molecular weight excluding hydrogens is 500 g/mol. The lowest BCUT2D eigenvalue weighted by atomic mass is 9.75. The van der Waals surface area contributed by atoms with Crippen LogP contribution in [0.3, 0.4) is 0 Å². The molecule has 3 rings (SSSR count). The Labute approximate surface area is 230 Å². The summed E-state index contributed by atoms with van der Waals surface area (Å²) >= 11 is 0. The van der Waals surface area contributed by atoms with Gasteiger partial charge >= 0.3 is 17.9 Å². The van der Waals surface area contributed by atoms with Gasteiger partial charge in [0.15, 0.2) is 0 Å². The summed E-state index contributed by atoms with van der Waals surface area (Å²) in [6.45, 7) is 11.5. The van der Waals surface area contributed by atoms with Gasteiger partial charge in [-0.3, -0.25) is 14.4 Å². The Balaban J connectivity index is 2.17. The van der Waals surface area contributed by atoms with Gasteiger partial charge in [-0.1, -0.05) is 50.3 Å². The summed E-state index contributed by atoms with van der Waals surface area (Å²) in [4.78, 5) is 50.6. The molecule has 1 fully saturated rings. The molecule has 7 atom stereocenters. The Bertz CT molecular complexity index is 1150. The molecule has 1 saturated carbocycles. The summed E-state index contributed by atoms with van der Waals surface area (Å²) in [5, 5.41) is 12.3. The monoisotopic (exact) mass is 540 g/mol. The van der Waals surface area contributed by atoms with E-state index in [0.29, 0.717) is 11.1 Å². The topological polar surface area (TPSA) is 116 Å². The van der Waals surface area contributed by atoms with E-state index in [1.807, 2.05) is 13.8 Å². The number of carbonyl (C=O) groups is 4. The maximum absolute atomic E-state index is 13.3. The normalized spacial score (nSPS) is 32.6. The number of esters is 3. The second-order valence-electron chi connectivity index (χ2n) is 11.5. The molecule has 2 aliphatic carbocycles. The predicted octanol–water partition coefficient (Wildman–Crippen LogP) is 4.60. The van der Waals surface area contributed by atoms with Gasteiger partial charge < -0.3 is 19.3 Å². The first-order valence-corrected chi connectivity index (χ1v) is 13.4. The second-order valence-corrected chi connectivity index (χ2v) is 11.5. The Hall–Kier alpha value is -3.26. The molecule has 1 aromatic carbocycles. The highest BCUT2D eigenvalue weighted by Crippen LogP contribution is 2.48. The molecule has 0 saturated heterocycles. The van der Waals surface area contributed by atoms with Crippen molar-refractivity contribution in [3.8, 4) is 0 Å². The smallest absolute Gasteiger partial charge is 0.338 e. The number of Topliss-reactive ketones (excluding diaryl/α,β-unsaturated/α-hetero) is 1.